The number of fused-ring (bicyclic) bond motifs is 1. The minimum absolute atomic E-state index is 0. The Kier molecular flexibility index (Phi) is 19.1. The van der Waals surface area contributed by atoms with Gasteiger partial charge in [0.1, 0.15) is 24.4 Å². The van der Waals surface area contributed by atoms with Gasteiger partial charge < -0.3 is 49.9 Å². The van der Waals surface area contributed by atoms with Crippen LogP contribution in [0.3, 0.4) is 0 Å². The van der Waals surface area contributed by atoms with Crippen molar-refractivity contribution in [3.63, 3.8) is 0 Å². The molecule has 0 radical (unpaired) electrons. The van der Waals surface area contributed by atoms with Gasteiger partial charge in [0.05, 0.1) is 39.6 Å². The van der Waals surface area contributed by atoms with Crippen LogP contribution >= 0.6 is 18.9 Å². The minimum Gasteiger partial charge on any atom is -0.412 e. The highest BCUT2D eigenvalue weighted by atomic mass is 31.1. The summed E-state index contributed by atoms with van der Waals surface area (Å²) < 4.78 is 14.9. The normalized spacial score (nSPS) is 26.4. The quantitative estimate of drug-likeness (QED) is 0.254. The highest BCUT2D eigenvalue weighted by Gasteiger charge is 2.46. The molecule has 0 aromatic rings. The molecule has 8 N–H and O–H groups in total. The lowest BCUT2D eigenvalue weighted by molar-refractivity contribution is 0.00205. The van der Waals surface area contributed by atoms with Crippen molar-refractivity contribution in [2.75, 3.05) is 39.6 Å². The summed E-state index contributed by atoms with van der Waals surface area (Å²) in [7, 11) is -0.477. The number of hydrogen-bond acceptors (Lipinski definition) is 9. The van der Waals surface area contributed by atoms with Crippen molar-refractivity contribution < 1.29 is 49.9 Å². The van der Waals surface area contributed by atoms with E-state index in [1.54, 1.807) is 13.8 Å². The van der Waals surface area contributed by atoms with Crippen LogP contribution in [0.5, 0.6) is 0 Å². The summed E-state index contributed by atoms with van der Waals surface area (Å²) >= 11 is 0. The fourth-order valence-electron chi connectivity index (χ4n) is 1.78. The highest BCUT2D eigenvalue weighted by molar-refractivity contribution is 7.24. The Labute approximate surface area is 172 Å². The van der Waals surface area contributed by atoms with Gasteiger partial charge in [-0.3, -0.25) is 0 Å². The zero-order chi connectivity index (χ0) is 20.4. The molecular weight excluding hydrogens is 414 g/mol. The van der Waals surface area contributed by atoms with Gasteiger partial charge in [-0.05, 0) is 0 Å². The third kappa shape index (κ3) is 12.9. The van der Waals surface area contributed by atoms with E-state index in [0.29, 0.717) is 6.61 Å². The third-order valence-electron chi connectivity index (χ3n) is 3.81. The van der Waals surface area contributed by atoms with E-state index in [1.807, 2.05) is 13.8 Å². The Hall–Kier alpha value is 0.460. The molecule has 0 aliphatic carbocycles. The fourth-order valence-corrected chi connectivity index (χ4v) is 2.24. The van der Waals surface area contributed by atoms with Gasteiger partial charge >= 0.3 is 0 Å². The van der Waals surface area contributed by atoms with Gasteiger partial charge in [0.25, 0.3) is 0 Å². The third-order valence-corrected chi connectivity index (χ3v) is 4.09. The summed E-state index contributed by atoms with van der Waals surface area (Å²) in [6, 6.07) is 0. The van der Waals surface area contributed by atoms with Gasteiger partial charge in [-0.2, -0.15) is 9.90 Å². The van der Waals surface area contributed by atoms with Crippen LogP contribution < -0.4 is 0 Å². The van der Waals surface area contributed by atoms with Gasteiger partial charge in [0.15, 0.2) is 9.03 Å². The first-order chi connectivity index (χ1) is 12.0. The summed E-state index contributed by atoms with van der Waals surface area (Å²) in [5.41, 5.74) is -0.532. The second kappa shape index (κ2) is 16.2. The van der Waals surface area contributed by atoms with Gasteiger partial charge in [0, 0.05) is 10.8 Å². The maximum atomic E-state index is 9.16. The van der Waals surface area contributed by atoms with Crippen LogP contribution in [0.25, 0.3) is 0 Å². The van der Waals surface area contributed by atoms with E-state index in [-0.39, 0.29) is 71.4 Å². The number of aliphatic hydroxyl groups excluding tert-OH is 5. The molecule has 2 fully saturated rings. The molecule has 0 spiro atoms. The largest absolute Gasteiger partial charge is 0.412 e. The molecule has 174 valence electrons. The minimum atomic E-state index is -0.554. The van der Waals surface area contributed by atoms with E-state index in [2.05, 4.69) is 0 Å². The number of aliphatic hydroxyl groups is 5. The first-order valence-corrected chi connectivity index (χ1v) is 9.32. The van der Waals surface area contributed by atoms with E-state index in [1.165, 1.54) is 0 Å². The Morgan fingerprint density at radius 2 is 1.21 bits per heavy atom. The number of hydrogen-bond donors (Lipinski definition) is 6. The van der Waals surface area contributed by atoms with Crippen molar-refractivity contribution in [1.29, 1.82) is 0 Å². The molecule has 0 saturated carbocycles. The van der Waals surface area contributed by atoms with Crippen molar-refractivity contribution in [3.8, 4) is 0 Å². The molecule has 28 heavy (non-hydrogen) atoms. The van der Waals surface area contributed by atoms with Crippen molar-refractivity contribution in [2.45, 2.75) is 52.1 Å². The standard InChI is InChI=1S/C6H10O4.C5H13O3P.C5H12O2.H2O.H3P/c7-3-1-9-6-4(8)2-10-5(3)6;1-5(2,3-6)4-8-9-7;1-5(2,3-6)4-7;;/h3-8H,1-2H2;6-7,9H,3-4H2,1-2H3;6-7H,3-4H2,1-2H3;1H2;1H3. The Bertz CT molecular complexity index is 351. The van der Waals surface area contributed by atoms with E-state index in [4.69, 9.17) is 44.4 Å². The van der Waals surface area contributed by atoms with Crippen molar-refractivity contribution in [1.82, 2.24) is 0 Å². The van der Waals surface area contributed by atoms with Crippen LogP contribution in [0.1, 0.15) is 27.7 Å². The molecule has 0 amide bonds. The van der Waals surface area contributed by atoms with Crippen LogP contribution in [-0.4, -0.2) is 100.0 Å². The molecule has 2 saturated heterocycles. The van der Waals surface area contributed by atoms with Crippen molar-refractivity contribution >= 4 is 18.9 Å². The molecule has 0 aromatic heterocycles. The average Bonchev–Trinajstić information content (AvgIpc) is 3.18. The smallest absolute Gasteiger partial charge is 0.152 e. The molecule has 6 unspecified atom stereocenters. The summed E-state index contributed by atoms with van der Waals surface area (Å²) in [5.74, 6) is 0. The van der Waals surface area contributed by atoms with E-state index >= 15 is 0 Å². The van der Waals surface area contributed by atoms with E-state index in [0.717, 1.165) is 0 Å². The monoisotopic (exact) mass is 454 g/mol. The van der Waals surface area contributed by atoms with Crippen LogP contribution in [0.2, 0.25) is 0 Å². The maximum absolute atomic E-state index is 9.16. The summed E-state index contributed by atoms with van der Waals surface area (Å²) in [4.78, 5) is 8.25. The predicted octanol–water partition coefficient (Wildman–Crippen LogP) is -1.74. The first-order valence-electron chi connectivity index (χ1n) is 8.46. The molecule has 0 aromatic carbocycles. The molecular formula is C16H40O10P2. The zero-order valence-corrected chi connectivity index (χ0v) is 19.6. The maximum Gasteiger partial charge on any atom is 0.152 e. The molecule has 2 heterocycles. The lowest BCUT2D eigenvalue weighted by Crippen LogP contribution is -2.30. The van der Waals surface area contributed by atoms with Gasteiger partial charge in [-0.25, -0.2) is 0 Å². The van der Waals surface area contributed by atoms with Crippen LogP contribution in [-0.2, 0) is 14.0 Å². The molecule has 2 rings (SSSR count). The Morgan fingerprint density at radius 3 is 1.46 bits per heavy atom. The lowest BCUT2D eigenvalue weighted by atomic mass is 9.97. The molecule has 2 aliphatic heterocycles. The molecule has 2 aliphatic rings. The van der Waals surface area contributed by atoms with Gasteiger partial charge in [-0.15, -0.1) is 0 Å². The van der Waals surface area contributed by atoms with E-state index < -0.39 is 21.2 Å². The van der Waals surface area contributed by atoms with Gasteiger partial charge in [0.2, 0.25) is 0 Å². The second-order valence-corrected chi connectivity index (χ2v) is 8.38. The topological polar surface area (TPSA) is 181 Å². The zero-order valence-electron chi connectivity index (χ0n) is 17.2. The fraction of sp³-hybridized carbons (Fsp3) is 1.00. The Balaban J connectivity index is -0.000000329. The molecule has 10 nitrogen and oxygen atoms in total. The lowest BCUT2D eigenvalue weighted by Gasteiger charge is -2.19. The summed E-state index contributed by atoms with van der Waals surface area (Å²) in [5, 5.41) is 43.8. The summed E-state index contributed by atoms with van der Waals surface area (Å²) in [6.45, 7) is 8.47. The number of rotatable bonds is 6. The average molecular weight is 454 g/mol. The molecule has 12 heteroatoms. The predicted molar refractivity (Wildman–Crippen MR) is 112 cm³/mol. The number of ether oxygens (including phenoxy) is 2. The summed E-state index contributed by atoms with van der Waals surface area (Å²) in [6.07, 6.45) is -1.70. The molecule has 0 bridgehead atoms. The van der Waals surface area contributed by atoms with Crippen LogP contribution in [0, 0.1) is 10.8 Å². The van der Waals surface area contributed by atoms with E-state index in [9.17, 15) is 0 Å². The van der Waals surface area contributed by atoms with Crippen LogP contribution in [0.4, 0.5) is 0 Å². The van der Waals surface area contributed by atoms with Crippen LogP contribution in [0.15, 0.2) is 0 Å². The van der Waals surface area contributed by atoms with Crippen molar-refractivity contribution in [3.05, 3.63) is 0 Å². The van der Waals surface area contributed by atoms with Gasteiger partial charge in [-0.1, -0.05) is 27.7 Å². The SMILES string of the molecule is CC(C)(CO)CO.CC(C)(CO)COPO.O.OC1COC2C(O)COC12.P. The van der Waals surface area contributed by atoms with Crippen molar-refractivity contribution in [2.24, 2.45) is 10.8 Å². The second-order valence-electron chi connectivity index (χ2n) is 7.91. The Morgan fingerprint density at radius 1 is 0.857 bits per heavy atom. The highest BCUT2D eigenvalue weighted by Crippen LogP contribution is 2.26. The molecule has 6 atom stereocenters. The first kappa shape index (κ1) is 33.1.